The molecule has 3 aromatic rings. The highest BCUT2D eigenvalue weighted by molar-refractivity contribution is 5.87. The molecule has 0 radical (unpaired) electrons. The van der Waals surface area contributed by atoms with E-state index in [1.54, 1.807) is 10.4 Å². The topological polar surface area (TPSA) is 83.9 Å². The van der Waals surface area contributed by atoms with Crippen molar-refractivity contribution in [1.82, 2.24) is 15.4 Å². The van der Waals surface area contributed by atoms with Gasteiger partial charge in [0.25, 0.3) is 0 Å². The number of nitrogens with zero attached hydrogens (tertiary/aromatic N) is 2. The molecule has 0 aliphatic carbocycles. The molecule has 7 heteroatoms. The summed E-state index contributed by atoms with van der Waals surface area (Å²) in [5, 5.41) is 11.1. The summed E-state index contributed by atoms with van der Waals surface area (Å²) in [7, 11) is 0. The van der Waals surface area contributed by atoms with E-state index in [2.05, 4.69) is 41.4 Å². The standard InChI is InChI=1S/C23H23N3O4/c1-15-10-19-11-16(2-3-18(19)13-24-15)17-4-5-21-20(12-17)14-29-23(30-21)6-8-26(9-7-23)22(27)25-28/h2-5,10-13,28H,6-9,14H2,1H3,(H,25,27). The molecule has 5 rings (SSSR count). The van der Waals surface area contributed by atoms with Gasteiger partial charge in [-0.05, 0) is 47.7 Å². The molecular formula is C23H23N3O4. The summed E-state index contributed by atoms with van der Waals surface area (Å²) in [6, 6.07) is 14.2. The molecule has 3 heterocycles. The van der Waals surface area contributed by atoms with Crippen LogP contribution in [0.15, 0.2) is 48.7 Å². The normalized spacial score (nSPS) is 17.5. The van der Waals surface area contributed by atoms with E-state index in [1.165, 1.54) is 5.39 Å². The van der Waals surface area contributed by atoms with Crippen molar-refractivity contribution < 1.29 is 19.5 Å². The van der Waals surface area contributed by atoms with Crippen molar-refractivity contribution >= 4 is 16.8 Å². The Morgan fingerprint density at radius 3 is 2.67 bits per heavy atom. The minimum absolute atomic E-state index is 0.463. The average Bonchev–Trinajstić information content (AvgIpc) is 2.78. The Bertz CT molecular complexity index is 1120. The summed E-state index contributed by atoms with van der Waals surface area (Å²) in [4.78, 5) is 17.5. The molecule has 2 aliphatic rings. The number of carbonyl (C=O) groups is 1. The van der Waals surface area contributed by atoms with E-state index in [0.29, 0.717) is 32.5 Å². The van der Waals surface area contributed by atoms with E-state index in [1.807, 2.05) is 19.2 Å². The molecule has 2 aromatic carbocycles. The van der Waals surface area contributed by atoms with Crippen LogP contribution in [0.2, 0.25) is 0 Å². The van der Waals surface area contributed by atoms with Gasteiger partial charge in [-0.3, -0.25) is 10.2 Å². The lowest BCUT2D eigenvalue weighted by Crippen LogP contribution is -2.54. The summed E-state index contributed by atoms with van der Waals surface area (Å²) >= 11 is 0. The highest BCUT2D eigenvalue weighted by Gasteiger charge is 2.41. The van der Waals surface area contributed by atoms with Crippen LogP contribution in [0.3, 0.4) is 0 Å². The van der Waals surface area contributed by atoms with Gasteiger partial charge in [0.05, 0.1) is 6.61 Å². The molecule has 1 saturated heterocycles. The molecule has 0 saturated carbocycles. The number of aromatic nitrogens is 1. The first-order valence-electron chi connectivity index (χ1n) is 10.1. The van der Waals surface area contributed by atoms with Crippen molar-refractivity contribution in [2.24, 2.45) is 0 Å². The van der Waals surface area contributed by atoms with Crippen molar-refractivity contribution in [2.45, 2.75) is 32.2 Å². The van der Waals surface area contributed by atoms with Crippen LogP contribution in [0.5, 0.6) is 5.75 Å². The van der Waals surface area contributed by atoms with Crippen LogP contribution < -0.4 is 10.2 Å². The Kier molecular flexibility index (Phi) is 4.56. The number of carbonyl (C=O) groups excluding carboxylic acids is 1. The minimum Gasteiger partial charge on any atom is -0.462 e. The molecule has 2 amide bonds. The molecule has 2 N–H and O–H groups in total. The summed E-state index contributed by atoms with van der Waals surface area (Å²) in [6.45, 7) is 3.39. The molecule has 30 heavy (non-hydrogen) atoms. The van der Waals surface area contributed by atoms with E-state index in [-0.39, 0.29) is 0 Å². The molecule has 1 spiro atoms. The highest BCUT2D eigenvalue weighted by Crippen LogP contribution is 2.39. The number of ether oxygens (including phenoxy) is 2. The fourth-order valence-electron chi connectivity index (χ4n) is 4.21. The van der Waals surface area contributed by atoms with E-state index >= 15 is 0 Å². The smallest absolute Gasteiger partial charge is 0.341 e. The van der Waals surface area contributed by atoms with Gasteiger partial charge in [0, 0.05) is 48.8 Å². The van der Waals surface area contributed by atoms with Gasteiger partial charge >= 0.3 is 6.03 Å². The lowest BCUT2D eigenvalue weighted by molar-refractivity contribution is -0.225. The fraction of sp³-hybridized carbons (Fsp3) is 0.304. The number of aryl methyl sites for hydroxylation is 1. The van der Waals surface area contributed by atoms with Gasteiger partial charge in [-0.15, -0.1) is 0 Å². The lowest BCUT2D eigenvalue weighted by atomic mass is 9.98. The number of likely N-dealkylation sites (tertiary alicyclic amines) is 1. The minimum atomic E-state index is -0.714. The second kappa shape index (κ2) is 7.27. The van der Waals surface area contributed by atoms with Gasteiger partial charge in [0.1, 0.15) is 5.75 Å². The second-order valence-electron chi connectivity index (χ2n) is 7.92. The van der Waals surface area contributed by atoms with Gasteiger partial charge in [-0.2, -0.15) is 0 Å². The predicted molar refractivity (Wildman–Crippen MR) is 111 cm³/mol. The number of pyridine rings is 1. The third-order valence-electron chi connectivity index (χ3n) is 5.95. The average molecular weight is 405 g/mol. The lowest BCUT2D eigenvalue weighted by Gasteiger charge is -2.43. The second-order valence-corrected chi connectivity index (χ2v) is 7.92. The highest BCUT2D eigenvalue weighted by atomic mass is 16.7. The summed E-state index contributed by atoms with van der Waals surface area (Å²) in [5.74, 6) is 0.111. The van der Waals surface area contributed by atoms with E-state index in [0.717, 1.165) is 33.5 Å². The Hall–Kier alpha value is -3.16. The predicted octanol–water partition coefficient (Wildman–Crippen LogP) is 4.01. The van der Waals surface area contributed by atoms with Gasteiger partial charge < -0.3 is 14.4 Å². The molecule has 0 bridgehead atoms. The maximum Gasteiger partial charge on any atom is 0.341 e. The molecule has 154 valence electrons. The van der Waals surface area contributed by atoms with Crippen LogP contribution in [0.1, 0.15) is 24.1 Å². The number of piperidine rings is 1. The van der Waals surface area contributed by atoms with Gasteiger partial charge in [-0.1, -0.05) is 18.2 Å². The van der Waals surface area contributed by atoms with Crippen LogP contribution in [0, 0.1) is 6.92 Å². The number of nitrogens with one attached hydrogen (secondary N) is 1. The Morgan fingerprint density at radius 2 is 1.87 bits per heavy atom. The number of rotatable bonds is 1. The van der Waals surface area contributed by atoms with E-state index < -0.39 is 11.8 Å². The van der Waals surface area contributed by atoms with Crippen LogP contribution in [-0.4, -0.2) is 40.0 Å². The zero-order valence-corrected chi connectivity index (χ0v) is 16.7. The van der Waals surface area contributed by atoms with E-state index in [4.69, 9.17) is 14.7 Å². The van der Waals surface area contributed by atoms with Crippen LogP contribution in [0.25, 0.3) is 21.9 Å². The van der Waals surface area contributed by atoms with Crippen molar-refractivity contribution in [3.8, 4) is 16.9 Å². The number of hydrogen-bond donors (Lipinski definition) is 2. The van der Waals surface area contributed by atoms with Crippen molar-refractivity contribution in [1.29, 1.82) is 0 Å². The Labute approximate surface area is 174 Å². The van der Waals surface area contributed by atoms with Crippen molar-refractivity contribution in [3.05, 3.63) is 59.9 Å². The van der Waals surface area contributed by atoms with Crippen LogP contribution >= 0.6 is 0 Å². The van der Waals surface area contributed by atoms with E-state index in [9.17, 15) is 4.79 Å². The molecule has 1 fully saturated rings. The third kappa shape index (κ3) is 3.36. The zero-order chi connectivity index (χ0) is 20.7. The maximum atomic E-state index is 11.6. The third-order valence-corrected chi connectivity index (χ3v) is 5.95. The SMILES string of the molecule is Cc1cc2cc(-c3ccc4c(c3)COC3(CCN(C(=O)NO)CC3)O4)ccc2cn1. The monoisotopic (exact) mass is 405 g/mol. The maximum absolute atomic E-state index is 11.6. The number of hydrogen-bond acceptors (Lipinski definition) is 5. The largest absolute Gasteiger partial charge is 0.462 e. The van der Waals surface area contributed by atoms with Gasteiger partial charge in [0.2, 0.25) is 5.79 Å². The quantitative estimate of drug-likeness (QED) is 0.472. The summed E-state index contributed by atoms with van der Waals surface area (Å²) in [6.07, 6.45) is 3.01. The first-order valence-corrected chi connectivity index (χ1v) is 10.1. The molecule has 2 aliphatic heterocycles. The summed E-state index contributed by atoms with van der Waals surface area (Å²) in [5.41, 5.74) is 5.94. The van der Waals surface area contributed by atoms with Crippen LogP contribution in [-0.2, 0) is 11.3 Å². The number of benzene rings is 2. The molecular weight excluding hydrogens is 382 g/mol. The molecule has 0 unspecified atom stereocenters. The zero-order valence-electron chi connectivity index (χ0n) is 16.7. The Morgan fingerprint density at radius 1 is 1.10 bits per heavy atom. The fourth-order valence-corrected chi connectivity index (χ4v) is 4.21. The summed E-state index contributed by atoms with van der Waals surface area (Å²) < 4.78 is 12.4. The van der Waals surface area contributed by atoms with Crippen molar-refractivity contribution in [3.63, 3.8) is 0 Å². The number of hydroxylamine groups is 1. The molecule has 1 aromatic heterocycles. The van der Waals surface area contributed by atoms with Gasteiger partial charge in [0.15, 0.2) is 0 Å². The molecule has 7 nitrogen and oxygen atoms in total. The van der Waals surface area contributed by atoms with Gasteiger partial charge in [-0.25, -0.2) is 10.3 Å². The van der Waals surface area contributed by atoms with Crippen LogP contribution in [0.4, 0.5) is 4.79 Å². The number of amides is 2. The first-order chi connectivity index (χ1) is 14.5. The Balaban J connectivity index is 1.37. The number of urea groups is 1. The van der Waals surface area contributed by atoms with Crippen molar-refractivity contribution in [2.75, 3.05) is 13.1 Å². The first kappa shape index (κ1) is 18.8. The molecule has 0 atom stereocenters. The number of fused-ring (bicyclic) bond motifs is 2.